The van der Waals surface area contributed by atoms with Crippen molar-refractivity contribution < 1.29 is 13.2 Å². The lowest BCUT2D eigenvalue weighted by Crippen LogP contribution is -2.17. The molecule has 0 aliphatic heterocycles. The molecule has 0 atom stereocenters. The summed E-state index contributed by atoms with van der Waals surface area (Å²) in [5.74, 6) is -0.635. The number of aromatic nitrogens is 1. The van der Waals surface area contributed by atoms with Crippen LogP contribution in [-0.4, -0.2) is 18.3 Å². The van der Waals surface area contributed by atoms with Gasteiger partial charge in [-0.3, -0.25) is 4.79 Å². The molecule has 0 aliphatic carbocycles. The predicted molar refractivity (Wildman–Crippen MR) is 93.7 cm³/mol. The van der Waals surface area contributed by atoms with Crippen molar-refractivity contribution in [2.24, 2.45) is 5.73 Å². The number of nitrogens with two attached hydrogens (primary N) is 1. The molecule has 0 fully saturated rings. The first-order valence-electron chi connectivity index (χ1n) is 7.48. The van der Waals surface area contributed by atoms with E-state index in [0.717, 1.165) is 11.1 Å². The minimum absolute atomic E-state index is 0.172. The van der Waals surface area contributed by atoms with Gasteiger partial charge in [-0.05, 0) is 44.5 Å². The number of rotatable bonds is 3. The standard InChI is InChI=1S/C18H18N2O3S/c1-11-7-9-14(10-8-11)24(22,23)20-13(3)17(18(19)21)16-12(2)5-4-6-15(16)20/h4-10H,1-3H3,(H2,19,21). The van der Waals surface area contributed by atoms with Gasteiger partial charge in [-0.2, -0.15) is 0 Å². The van der Waals surface area contributed by atoms with E-state index in [2.05, 4.69) is 0 Å². The van der Waals surface area contributed by atoms with Crippen LogP contribution in [0.5, 0.6) is 0 Å². The van der Waals surface area contributed by atoms with Crippen molar-refractivity contribution >= 4 is 26.8 Å². The minimum Gasteiger partial charge on any atom is -0.366 e. The van der Waals surface area contributed by atoms with Crippen LogP contribution in [0.3, 0.4) is 0 Å². The van der Waals surface area contributed by atoms with Gasteiger partial charge in [0.15, 0.2) is 0 Å². The fourth-order valence-corrected chi connectivity index (χ4v) is 4.59. The number of carbonyl (C=O) groups excluding carboxylic acids is 1. The Labute approximate surface area is 140 Å². The van der Waals surface area contributed by atoms with E-state index in [1.54, 1.807) is 43.3 Å². The monoisotopic (exact) mass is 342 g/mol. The fourth-order valence-electron chi connectivity index (χ4n) is 3.04. The molecule has 0 radical (unpaired) electrons. The second-order valence-corrected chi connectivity index (χ2v) is 7.66. The van der Waals surface area contributed by atoms with Crippen molar-refractivity contribution in [2.75, 3.05) is 0 Å². The third kappa shape index (κ3) is 2.30. The molecule has 0 aliphatic rings. The zero-order chi connectivity index (χ0) is 17.6. The average Bonchev–Trinajstić information content (AvgIpc) is 2.82. The molecule has 1 aromatic heterocycles. The predicted octanol–water partition coefficient (Wildman–Crippen LogP) is 2.90. The molecule has 1 amide bonds. The molecule has 2 aromatic carbocycles. The van der Waals surface area contributed by atoms with E-state index in [1.807, 2.05) is 19.9 Å². The van der Waals surface area contributed by atoms with Gasteiger partial charge in [-0.1, -0.05) is 29.8 Å². The van der Waals surface area contributed by atoms with E-state index in [-0.39, 0.29) is 10.5 Å². The van der Waals surface area contributed by atoms with Crippen LogP contribution in [0.4, 0.5) is 0 Å². The van der Waals surface area contributed by atoms with Gasteiger partial charge in [0, 0.05) is 11.1 Å². The summed E-state index contributed by atoms with van der Waals surface area (Å²) in [6.45, 7) is 5.32. The largest absolute Gasteiger partial charge is 0.366 e. The molecule has 24 heavy (non-hydrogen) atoms. The van der Waals surface area contributed by atoms with Gasteiger partial charge in [-0.15, -0.1) is 0 Å². The van der Waals surface area contributed by atoms with Crippen LogP contribution in [0.2, 0.25) is 0 Å². The summed E-state index contributed by atoms with van der Waals surface area (Å²) in [6, 6.07) is 11.9. The number of fused-ring (bicyclic) bond motifs is 1. The molecular formula is C18H18N2O3S. The van der Waals surface area contributed by atoms with E-state index >= 15 is 0 Å². The topological polar surface area (TPSA) is 82.2 Å². The number of primary amides is 1. The number of carbonyl (C=O) groups is 1. The van der Waals surface area contributed by atoms with Crippen molar-refractivity contribution in [1.29, 1.82) is 0 Å². The molecule has 3 aromatic rings. The van der Waals surface area contributed by atoms with Crippen molar-refractivity contribution in [3.63, 3.8) is 0 Å². The van der Waals surface area contributed by atoms with Crippen LogP contribution in [-0.2, 0) is 10.0 Å². The molecule has 6 heteroatoms. The molecule has 2 N–H and O–H groups in total. The smallest absolute Gasteiger partial charge is 0.268 e. The van der Waals surface area contributed by atoms with Crippen LogP contribution in [0.25, 0.3) is 10.9 Å². The summed E-state index contributed by atoms with van der Waals surface area (Å²) < 4.78 is 27.5. The Bertz CT molecular complexity index is 1060. The van der Waals surface area contributed by atoms with E-state index in [1.165, 1.54) is 3.97 Å². The molecule has 5 nitrogen and oxygen atoms in total. The zero-order valence-corrected chi connectivity index (χ0v) is 14.5. The summed E-state index contributed by atoms with van der Waals surface area (Å²) in [5, 5.41) is 0.582. The second kappa shape index (κ2) is 5.49. The maximum absolute atomic E-state index is 13.1. The van der Waals surface area contributed by atoms with Crippen molar-refractivity contribution in [1.82, 2.24) is 3.97 Å². The third-order valence-corrected chi connectivity index (χ3v) is 6.01. The average molecular weight is 342 g/mol. The molecular weight excluding hydrogens is 324 g/mol. The Balaban J connectivity index is 2.43. The summed E-state index contributed by atoms with van der Waals surface area (Å²) in [7, 11) is -3.83. The Morgan fingerprint density at radius 2 is 1.62 bits per heavy atom. The highest BCUT2D eigenvalue weighted by molar-refractivity contribution is 7.90. The quantitative estimate of drug-likeness (QED) is 0.794. The molecule has 0 saturated heterocycles. The van der Waals surface area contributed by atoms with Gasteiger partial charge in [0.25, 0.3) is 15.9 Å². The van der Waals surface area contributed by atoms with Gasteiger partial charge in [0.05, 0.1) is 16.0 Å². The summed E-state index contributed by atoms with van der Waals surface area (Å²) >= 11 is 0. The van der Waals surface area contributed by atoms with Crippen LogP contribution < -0.4 is 5.73 Å². The number of hydrogen-bond acceptors (Lipinski definition) is 3. The van der Waals surface area contributed by atoms with Gasteiger partial charge in [0.1, 0.15) is 0 Å². The first-order valence-corrected chi connectivity index (χ1v) is 8.92. The fraction of sp³-hybridized carbons (Fsp3) is 0.167. The summed E-state index contributed by atoms with van der Waals surface area (Å²) in [5.41, 5.74) is 8.33. The maximum Gasteiger partial charge on any atom is 0.268 e. The van der Waals surface area contributed by atoms with Gasteiger partial charge < -0.3 is 5.73 Å². The summed E-state index contributed by atoms with van der Waals surface area (Å²) in [4.78, 5) is 12.1. The highest BCUT2D eigenvalue weighted by Gasteiger charge is 2.27. The van der Waals surface area contributed by atoms with Crippen LogP contribution >= 0.6 is 0 Å². The minimum atomic E-state index is -3.83. The highest BCUT2D eigenvalue weighted by atomic mass is 32.2. The first kappa shape index (κ1) is 16.3. The van der Waals surface area contributed by atoms with E-state index in [0.29, 0.717) is 16.6 Å². The molecule has 1 heterocycles. The third-order valence-electron chi connectivity index (χ3n) is 4.19. The van der Waals surface area contributed by atoms with E-state index < -0.39 is 15.9 Å². The number of benzene rings is 2. The Morgan fingerprint density at radius 1 is 1.00 bits per heavy atom. The normalized spacial score (nSPS) is 11.8. The van der Waals surface area contributed by atoms with E-state index in [9.17, 15) is 13.2 Å². The van der Waals surface area contributed by atoms with Crippen LogP contribution in [0, 0.1) is 20.8 Å². The van der Waals surface area contributed by atoms with Crippen molar-refractivity contribution in [3.05, 3.63) is 64.8 Å². The maximum atomic E-state index is 13.1. The molecule has 3 rings (SSSR count). The van der Waals surface area contributed by atoms with Crippen molar-refractivity contribution in [2.45, 2.75) is 25.7 Å². The molecule has 0 bridgehead atoms. The Hall–Kier alpha value is -2.60. The van der Waals surface area contributed by atoms with Gasteiger partial charge >= 0.3 is 0 Å². The van der Waals surface area contributed by atoms with E-state index in [4.69, 9.17) is 5.73 Å². The highest BCUT2D eigenvalue weighted by Crippen LogP contribution is 2.31. The van der Waals surface area contributed by atoms with Crippen LogP contribution in [0.1, 0.15) is 27.2 Å². The number of nitrogens with zero attached hydrogens (tertiary/aromatic N) is 1. The number of hydrogen-bond donors (Lipinski definition) is 1. The lowest BCUT2D eigenvalue weighted by Gasteiger charge is -2.10. The molecule has 0 unspecified atom stereocenters. The lowest BCUT2D eigenvalue weighted by atomic mass is 10.1. The second-order valence-electron chi connectivity index (χ2n) is 5.88. The first-order chi connectivity index (χ1) is 11.2. The Morgan fingerprint density at radius 3 is 2.21 bits per heavy atom. The van der Waals surface area contributed by atoms with Gasteiger partial charge in [0.2, 0.25) is 0 Å². The molecule has 124 valence electrons. The lowest BCUT2D eigenvalue weighted by molar-refractivity contribution is 0.100. The zero-order valence-electron chi connectivity index (χ0n) is 13.7. The molecule has 0 spiro atoms. The Kier molecular flexibility index (Phi) is 3.72. The number of amides is 1. The summed E-state index contributed by atoms with van der Waals surface area (Å²) in [6.07, 6.45) is 0. The van der Waals surface area contributed by atoms with Crippen LogP contribution in [0.15, 0.2) is 47.4 Å². The molecule has 0 saturated carbocycles. The van der Waals surface area contributed by atoms with Gasteiger partial charge in [-0.25, -0.2) is 12.4 Å². The van der Waals surface area contributed by atoms with Crippen molar-refractivity contribution in [3.8, 4) is 0 Å². The SMILES string of the molecule is Cc1ccc(S(=O)(=O)n2c(C)c(C(N)=O)c3c(C)cccc32)cc1. The number of aryl methyl sites for hydroxylation is 2.